The molecule has 0 fully saturated rings. The molecule has 0 aliphatic heterocycles. The molecule has 0 saturated heterocycles. The largest absolute Gasteiger partial charge is 0.497 e. The van der Waals surface area contributed by atoms with Crippen LogP contribution < -0.4 is 9.47 Å². The highest BCUT2D eigenvalue weighted by atomic mass is 16.5. The molecule has 0 amide bonds. The van der Waals surface area contributed by atoms with Crippen molar-refractivity contribution in [2.24, 2.45) is 0 Å². The minimum atomic E-state index is -0.325. The quantitative estimate of drug-likeness (QED) is 0.438. The molecule has 0 aliphatic carbocycles. The van der Waals surface area contributed by atoms with Gasteiger partial charge >= 0.3 is 5.97 Å². The van der Waals surface area contributed by atoms with Gasteiger partial charge in [0, 0.05) is 17.9 Å². The van der Waals surface area contributed by atoms with Crippen molar-refractivity contribution >= 4 is 5.97 Å². The van der Waals surface area contributed by atoms with Gasteiger partial charge in [0.15, 0.2) is 0 Å². The number of hydrogen-bond donors (Lipinski definition) is 0. The van der Waals surface area contributed by atoms with E-state index in [1.54, 1.807) is 7.11 Å². The van der Waals surface area contributed by atoms with Gasteiger partial charge in [-0.15, -0.1) is 0 Å². The van der Waals surface area contributed by atoms with Gasteiger partial charge in [-0.2, -0.15) is 0 Å². The first-order valence-electron chi connectivity index (χ1n) is 8.94. The normalized spacial score (nSPS) is 11.1. The number of carbonyl (C=O) groups excluding carboxylic acids is 1. The number of rotatable bonds is 5. The Labute approximate surface area is 160 Å². The smallest absolute Gasteiger partial charge is 0.308 e. The highest BCUT2D eigenvalue weighted by Crippen LogP contribution is 2.38. The van der Waals surface area contributed by atoms with E-state index in [0.29, 0.717) is 5.75 Å². The maximum Gasteiger partial charge on any atom is 0.308 e. The lowest BCUT2D eigenvalue weighted by atomic mass is 9.77. The lowest BCUT2D eigenvalue weighted by Gasteiger charge is -2.27. The molecule has 0 aliphatic rings. The molecule has 3 nitrogen and oxygen atoms in total. The highest BCUT2D eigenvalue weighted by Gasteiger charge is 2.25. The van der Waals surface area contributed by atoms with E-state index in [1.165, 1.54) is 12.5 Å². The van der Waals surface area contributed by atoms with Crippen molar-refractivity contribution < 1.29 is 14.3 Å². The molecule has 0 saturated carbocycles. The summed E-state index contributed by atoms with van der Waals surface area (Å²) in [6, 6.07) is 24.1. The zero-order valence-electron chi connectivity index (χ0n) is 16.2. The van der Waals surface area contributed by atoms with E-state index in [2.05, 4.69) is 32.0 Å². The molecule has 3 aromatic rings. The van der Waals surface area contributed by atoms with Crippen LogP contribution in [-0.4, -0.2) is 13.1 Å². The molecule has 0 aromatic heterocycles. The fraction of sp³-hybridized carbons (Fsp3) is 0.208. The molecule has 3 aromatic carbocycles. The van der Waals surface area contributed by atoms with E-state index in [0.717, 1.165) is 22.4 Å². The summed E-state index contributed by atoms with van der Waals surface area (Å²) >= 11 is 0. The third-order valence-electron chi connectivity index (χ3n) is 4.85. The van der Waals surface area contributed by atoms with Crippen LogP contribution in [0, 0.1) is 0 Å². The van der Waals surface area contributed by atoms with Gasteiger partial charge in [0.2, 0.25) is 0 Å². The first kappa shape index (κ1) is 18.7. The van der Waals surface area contributed by atoms with Crippen molar-refractivity contribution in [3.8, 4) is 22.6 Å². The lowest BCUT2D eigenvalue weighted by Crippen LogP contribution is -2.19. The number of ether oxygens (including phenoxy) is 2. The van der Waals surface area contributed by atoms with Crippen LogP contribution in [0.25, 0.3) is 11.1 Å². The molecule has 3 rings (SSSR count). The van der Waals surface area contributed by atoms with E-state index in [1.807, 2.05) is 54.6 Å². The fourth-order valence-corrected chi connectivity index (χ4v) is 3.18. The second-order valence-electron chi connectivity index (χ2n) is 7.02. The molecule has 27 heavy (non-hydrogen) atoms. The Hall–Kier alpha value is -3.07. The Balaban J connectivity index is 2.08. The van der Waals surface area contributed by atoms with Gasteiger partial charge in [0.25, 0.3) is 0 Å². The van der Waals surface area contributed by atoms with Crippen molar-refractivity contribution in [1.82, 2.24) is 0 Å². The van der Waals surface area contributed by atoms with Gasteiger partial charge < -0.3 is 9.47 Å². The van der Waals surface area contributed by atoms with Crippen LogP contribution in [0.3, 0.4) is 0 Å². The van der Waals surface area contributed by atoms with Crippen molar-refractivity contribution in [2.45, 2.75) is 26.2 Å². The van der Waals surface area contributed by atoms with Gasteiger partial charge in [-0.1, -0.05) is 62.4 Å². The Morgan fingerprint density at radius 2 is 1.48 bits per heavy atom. The van der Waals surface area contributed by atoms with Crippen molar-refractivity contribution in [3.05, 3.63) is 83.9 Å². The average Bonchev–Trinajstić information content (AvgIpc) is 2.68. The van der Waals surface area contributed by atoms with Crippen LogP contribution >= 0.6 is 0 Å². The zero-order valence-corrected chi connectivity index (χ0v) is 16.2. The second-order valence-corrected chi connectivity index (χ2v) is 7.02. The molecule has 0 unspecified atom stereocenters. The van der Waals surface area contributed by atoms with Gasteiger partial charge in [0.05, 0.1) is 7.11 Å². The Morgan fingerprint density at radius 1 is 0.852 bits per heavy atom. The number of hydrogen-bond acceptors (Lipinski definition) is 3. The topological polar surface area (TPSA) is 35.5 Å². The second kappa shape index (κ2) is 7.67. The molecule has 0 radical (unpaired) electrons. The number of methoxy groups -OCH3 is 1. The predicted molar refractivity (Wildman–Crippen MR) is 108 cm³/mol. The van der Waals surface area contributed by atoms with E-state index >= 15 is 0 Å². The summed E-state index contributed by atoms with van der Waals surface area (Å²) in [5.74, 6) is 1.09. The third kappa shape index (κ3) is 4.03. The summed E-state index contributed by atoms with van der Waals surface area (Å²) in [5, 5.41) is 0. The van der Waals surface area contributed by atoms with Crippen molar-refractivity contribution in [2.75, 3.05) is 7.11 Å². The number of benzene rings is 3. The maximum absolute atomic E-state index is 11.5. The summed E-state index contributed by atoms with van der Waals surface area (Å²) in [6.45, 7) is 5.79. The van der Waals surface area contributed by atoms with Crippen LogP contribution in [-0.2, 0) is 10.2 Å². The minimum Gasteiger partial charge on any atom is -0.497 e. The van der Waals surface area contributed by atoms with E-state index in [4.69, 9.17) is 9.47 Å². The highest BCUT2D eigenvalue weighted by molar-refractivity contribution is 5.77. The van der Waals surface area contributed by atoms with E-state index in [9.17, 15) is 4.79 Å². The van der Waals surface area contributed by atoms with Gasteiger partial charge in [-0.3, -0.25) is 4.79 Å². The predicted octanol–water partition coefficient (Wildman–Crippen LogP) is 5.61. The molecule has 0 spiro atoms. The average molecular weight is 360 g/mol. The summed E-state index contributed by atoms with van der Waals surface area (Å²) < 4.78 is 10.7. The molecule has 0 N–H and O–H groups in total. The Bertz CT molecular complexity index is 926. The Morgan fingerprint density at radius 3 is 2.07 bits per heavy atom. The first-order chi connectivity index (χ1) is 12.9. The van der Waals surface area contributed by atoms with Crippen LogP contribution in [0.1, 0.15) is 31.9 Å². The molecule has 138 valence electrons. The van der Waals surface area contributed by atoms with Crippen LogP contribution in [0.15, 0.2) is 72.8 Å². The van der Waals surface area contributed by atoms with Crippen LogP contribution in [0.2, 0.25) is 0 Å². The molecular weight excluding hydrogens is 336 g/mol. The van der Waals surface area contributed by atoms with Gasteiger partial charge in [-0.25, -0.2) is 0 Å². The standard InChI is InChI=1S/C24H24O3/c1-17(25)27-23-15-12-20(16-22(23)18-8-6-5-7-9-18)24(2,3)19-10-13-21(26-4)14-11-19/h5-16H,1-4H3. The van der Waals surface area contributed by atoms with Crippen LogP contribution in [0.4, 0.5) is 0 Å². The maximum atomic E-state index is 11.5. The zero-order chi connectivity index (χ0) is 19.4. The third-order valence-corrected chi connectivity index (χ3v) is 4.85. The monoisotopic (exact) mass is 360 g/mol. The minimum absolute atomic E-state index is 0.218. The number of esters is 1. The summed E-state index contributed by atoms with van der Waals surface area (Å²) in [7, 11) is 1.67. The molecule has 0 atom stereocenters. The molecular formula is C24H24O3. The molecule has 0 heterocycles. The van der Waals surface area contributed by atoms with Crippen molar-refractivity contribution in [3.63, 3.8) is 0 Å². The summed E-state index contributed by atoms with van der Waals surface area (Å²) in [6.07, 6.45) is 0. The first-order valence-corrected chi connectivity index (χ1v) is 8.94. The SMILES string of the molecule is COc1ccc(C(C)(C)c2ccc(OC(C)=O)c(-c3ccccc3)c2)cc1. The fourth-order valence-electron chi connectivity index (χ4n) is 3.18. The number of carbonyl (C=O) groups is 1. The van der Waals surface area contributed by atoms with E-state index in [-0.39, 0.29) is 11.4 Å². The van der Waals surface area contributed by atoms with Crippen molar-refractivity contribution in [1.29, 1.82) is 0 Å². The molecule has 0 bridgehead atoms. The van der Waals surface area contributed by atoms with Gasteiger partial charge in [-0.05, 0) is 41.0 Å². The van der Waals surface area contributed by atoms with Crippen LogP contribution in [0.5, 0.6) is 11.5 Å². The molecule has 3 heteroatoms. The van der Waals surface area contributed by atoms with E-state index < -0.39 is 0 Å². The Kier molecular flexibility index (Phi) is 5.31. The summed E-state index contributed by atoms with van der Waals surface area (Å²) in [4.78, 5) is 11.5. The lowest BCUT2D eigenvalue weighted by molar-refractivity contribution is -0.131. The summed E-state index contributed by atoms with van der Waals surface area (Å²) in [5.41, 5.74) is 4.03. The van der Waals surface area contributed by atoms with Gasteiger partial charge in [0.1, 0.15) is 11.5 Å².